The van der Waals surface area contributed by atoms with Crippen LogP contribution in [0.1, 0.15) is 187 Å². The van der Waals surface area contributed by atoms with Gasteiger partial charge in [0.1, 0.15) is 13.2 Å². The van der Waals surface area contributed by atoms with Gasteiger partial charge >= 0.3 is 0 Å². The van der Waals surface area contributed by atoms with Crippen LogP contribution in [0, 0.1) is 0 Å². The number of amides is 1. The van der Waals surface area contributed by atoms with E-state index in [0.717, 1.165) is 70.6 Å². The highest BCUT2D eigenvalue weighted by atomic mass is 31.2. The van der Waals surface area contributed by atoms with Crippen molar-refractivity contribution >= 4 is 13.7 Å². The Hall–Kier alpha value is -2.84. The quantitative estimate of drug-likeness (QED) is 0.0273. The van der Waals surface area contributed by atoms with E-state index in [1.54, 1.807) is 6.08 Å². The lowest BCUT2D eigenvalue weighted by Gasteiger charge is -2.29. The normalized spacial score (nSPS) is 15.0. The predicted molar refractivity (Wildman–Crippen MR) is 279 cm³/mol. The van der Waals surface area contributed by atoms with Gasteiger partial charge in [-0.25, -0.2) is 0 Å². The van der Waals surface area contributed by atoms with Crippen molar-refractivity contribution in [1.82, 2.24) is 5.32 Å². The third kappa shape index (κ3) is 48.9. The minimum Gasteiger partial charge on any atom is -0.756 e. The van der Waals surface area contributed by atoms with E-state index in [9.17, 15) is 19.4 Å². The second kappa shape index (κ2) is 46.3. The molecule has 0 aliphatic rings. The topological polar surface area (TPSA) is 108 Å². The number of phosphoric ester groups is 1. The summed E-state index contributed by atoms with van der Waals surface area (Å²) >= 11 is 0. The van der Waals surface area contributed by atoms with Gasteiger partial charge in [0.2, 0.25) is 5.91 Å². The van der Waals surface area contributed by atoms with Gasteiger partial charge in [-0.15, -0.1) is 0 Å². The standard InChI is InChI=1S/C56H97N2O6P/c1-6-8-10-12-14-16-18-20-22-24-26-28-30-31-33-35-37-39-41-43-45-47-49-55(59)54(53-64-65(61,62)63-52-51-58(3,4)5)57-56(60)50-48-46-44-42-40-38-36-34-32-29-27-25-23-21-19-17-15-13-11-9-7-2/h9,11,15,17,21,23,27,29,31,33-34,36,39-42,47,49,54-55,59H,6-8,10,12-14,16,18-20,22,24-26,28,30,32,35,37-38,43-46,48,50-53H2,1-5H3,(H-,57,60,61,62)/b11-9-,17-15-,23-21-,29-27-,33-31+,36-34-,41-39+,42-40-,49-47+. The molecule has 3 atom stereocenters. The summed E-state index contributed by atoms with van der Waals surface area (Å²) in [6, 6.07) is -0.941. The summed E-state index contributed by atoms with van der Waals surface area (Å²) in [5.41, 5.74) is 0. The molecule has 0 fully saturated rings. The SMILES string of the molecule is CC/C=C\C/C=C\C/C=C\C/C=C\C/C=C\C/C=C\CCCCC(=O)NC(COP(=O)([O-])OCC[N+](C)(C)C)C(O)/C=C/CC/C=C/CC/C=C/CCCCCCCCCCCCCC. The minimum atomic E-state index is -4.63. The molecule has 0 radical (unpaired) electrons. The maximum absolute atomic E-state index is 12.9. The Labute approximate surface area is 400 Å². The summed E-state index contributed by atoms with van der Waals surface area (Å²) in [5.74, 6) is -0.258. The van der Waals surface area contributed by atoms with Crippen molar-refractivity contribution < 1.29 is 32.9 Å². The fourth-order valence-electron chi connectivity index (χ4n) is 6.66. The second-order valence-corrected chi connectivity index (χ2v) is 19.5. The van der Waals surface area contributed by atoms with Crippen LogP contribution in [0.15, 0.2) is 109 Å². The molecule has 3 unspecified atom stereocenters. The number of aliphatic hydroxyl groups excluding tert-OH is 1. The number of unbranched alkanes of at least 4 members (excludes halogenated alkanes) is 16. The maximum Gasteiger partial charge on any atom is 0.268 e. The van der Waals surface area contributed by atoms with Crippen LogP contribution in [0.4, 0.5) is 0 Å². The van der Waals surface area contributed by atoms with Crippen LogP contribution in [0.5, 0.6) is 0 Å². The van der Waals surface area contributed by atoms with E-state index in [-0.39, 0.29) is 18.9 Å². The van der Waals surface area contributed by atoms with Crippen LogP contribution in [-0.4, -0.2) is 68.5 Å². The monoisotopic (exact) mass is 925 g/mol. The zero-order valence-corrected chi connectivity index (χ0v) is 43.0. The van der Waals surface area contributed by atoms with Crippen LogP contribution in [0.3, 0.4) is 0 Å². The molecule has 0 saturated carbocycles. The first-order valence-electron chi connectivity index (χ1n) is 25.7. The number of quaternary nitrogens is 1. The molecular weight excluding hydrogens is 828 g/mol. The van der Waals surface area contributed by atoms with Gasteiger partial charge in [-0.3, -0.25) is 9.36 Å². The minimum absolute atomic E-state index is 0.0240. The van der Waals surface area contributed by atoms with Crippen molar-refractivity contribution in [3.05, 3.63) is 109 Å². The summed E-state index contributed by atoms with van der Waals surface area (Å²) < 4.78 is 23.2. The number of likely N-dealkylation sites (N-methyl/N-ethyl adjacent to an activating group) is 1. The fourth-order valence-corrected chi connectivity index (χ4v) is 7.38. The average Bonchev–Trinajstić information content (AvgIpc) is 3.26. The second-order valence-electron chi connectivity index (χ2n) is 18.1. The number of carbonyl (C=O) groups excluding carboxylic acids is 1. The summed E-state index contributed by atoms with van der Waals surface area (Å²) in [6.45, 7) is 4.45. The number of nitrogens with one attached hydrogen (secondary N) is 1. The van der Waals surface area contributed by atoms with Gasteiger partial charge in [0.15, 0.2) is 0 Å². The number of aliphatic hydroxyl groups is 1. The van der Waals surface area contributed by atoms with Gasteiger partial charge in [-0.05, 0) is 96.3 Å². The highest BCUT2D eigenvalue weighted by molar-refractivity contribution is 7.45. The molecule has 0 spiro atoms. The Morgan fingerprint density at radius 3 is 1.43 bits per heavy atom. The molecule has 2 N–H and O–H groups in total. The van der Waals surface area contributed by atoms with Crippen LogP contribution < -0.4 is 10.2 Å². The van der Waals surface area contributed by atoms with Crippen molar-refractivity contribution in [2.45, 2.75) is 199 Å². The smallest absolute Gasteiger partial charge is 0.268 e. The third-order valence-corrected chi connectivity index (χ3v) is 11.7. The lowest BCUT2D eigenvalue weighted by Crippen LogP contribution is -2.45. The molecule has 0 heterocycles. The molecule has 0 aliphatic carbocycles. The van der Waals surface area contributed by atoms with Gasteiger partial charge in [0.25, 0.3) is 7.82 Å². The Morgan fingerprint density at radius 2 is 0.954 bits per heavy atom. The number of carbonyl (C=O) groups is 1. The lowest BCUT2D eigenvalue weighted by atomic mass is 10.0. The zero-order valence-electron chi connectivity index (χ0n) is 42.1. The van der Waals surface area contributed by atoms with Crippen LogP contribution >= 0.6 is 7.82 Å². The first-order chi connectivity index (χ1) is 31.5. The summed E-state index contributed by atoms with van der Waals surface area (Å²) in [7, 11) is 1.19. The number of hydrogen-bond donors (Lipinski definition) is 2. The molecule has 0 aromatic carbocycles. The Morgan fingerprint density at radius 1 is 0.554 bits per heavy atom. The predicted octanol–water partition coefficient (Wildman–Crippen LogP) is 14.6. The number of phosphoric acid groups is 1. The van der Waals surface area contributed by atoms with Gasteiger partial charge in [-0.1, -0.05) is 194 Å². The van der Waals surface area contributed by atoms with Crippen LogP contribution in [0.25, 0.3) is 0 Å². The van der Waals surface area contributed by atoms with Crippen molar-refractivity contribution in [2.75, 3.05) is 40.9 Å². The van der Waals surface area contributed by atoms with Gasteiger partial charge in [-0.2, -0.15) is 0 Å². The Balaban J connectivity index is 4.51. The van der Waals surface area contributed by atoms with E-state index in [0.29, 0.717) is 23.9 Å². The molecule has 9 heteroatoms. The Bertz CT molecular complexity index is 1420. The zero-order chi connectivity index (χ0) is 47.8. The molecule has 0 saturated heterocycles. The molecule has 65 heavy (non-hydrogen) atoms. The van der Waals surface area contributed by atoms with E-state index >= 15 is 0 Å². The average molecular weight is 925 g/mol. The van der Waals surface area contributed by atoms with Gasteiger partial charge in [0, 0.05) is 6.42 Å². The molecule has 8 nitrogen and oxygen atoms in total. The number of nitrogens with zero attached hydrogens (tertiary/aromatic N) is 1. The number of hydrogen-bond acceptors (Lipinski definition) is 6. The van der Waals surface area contributed by atoms with Crippen LogP contribution in [0.2, 0.25) is 0 Å². The number of rotatable bonds is 45. The van der Waals surface area contributed by atoms with E-state index in [1.165, 1.54) is 83.5 Å². The van der Waals surface area contributed by atoms with E-state index < -0.39 is 26.6 Å². The summed E-state index contributed by atoms with van der Waals surface area (Å²) in [4.78, 5) is 25.4. The van der Waals surface area contributed by atoms with Crippen molar-refractivity contribution in [3.8, 4) is 0 Å². The van der Waals surface area contributed by atoms with E-state index in [1.807, 2.05) is 27.2 Å². The highest BCUT2D eigenvalue weighted by Crippen LogP contribution is 2.38. The van der Waals surface area contributed by atoms with Crippen molar-refractivity contribution in [1.29, 1.82) is 0 Å². The largest absolute Gasteiger partial charge is 0.756 e. The lowest BCUT2D eigenvalue weighted by molar-refractivity contribution is -0.870. The molecule has 0 aromatic heterocycles. The summed E-state index contributed by atoms with van der Waals surface area (Å²) in [6.07, 6.45) is 67.3. The third-order valence-electron chi connectivity index (χ3n) is 10.7. The van der Waals surface area contributed by atoms with E-state index in [4.69, 9.17) is 9.05 Å². The van der Waals surface area contributed by atoms with Gasteiger partial charge in [0.05, 0.1) is 39.9 Å². The fraction of sp³-hybridized carbons (Fsp3) is 0.661. The molecular formula is C56H97N2O6P. The highest BCUT2D eigenvalue weighted by Gasteiger charge is 2.23. The number of allylic oxidation sites excluding steroid dienone is 17. The van der Waals surface area contributed by atoms with Crippen LogP contribution in [-0.2, 0) is 18.4 Å². The maximum atomic E-state index is 12.9. The van der Waals surface area contributed by atoms with Gasteiger partial charge < -0.3 is 28.8 Å². The summed E-state index contributed by atoms with van der Waals surface area (Å²) in [5, 5.41) is 13.8. The molecule has 372 valence electrons. The molecule has 1 amide bonds. The first-order valence-corrected chi connectivity index (χ1v) is 27.2. The molecule has 0 aromatic rings. The molecule has 0 aliphatic heterocycles. The molecule has 0 rings (SSSR count). The molecule has 0 bridgehead atoms. The Kier molecular flexibility index (Phi) is 44.3. The first kappa shape index (κ1) is 62.2. The van der Waals surface area contributed by atoms with Crippen molar-refractivity contribution in [2.24, 2.45) is 0 Å². The van der Waals surface area contributed by atoms with Crippen molar-refractivity contribution in [3.63, 3.8) is 0 Å². The van der Waals surface area contributed by atoms with E-state index in [2.05, 4.69) is 116 Å².